The van der Waals surface area contributed by atoms with Crippen molar-refractivity contribution >= 4 is 33.0 Å². The third kappa shape index (κ3) is 4.95. The maximum atomic E-state index is 12.7. The van der Waals surface area contributed by atoms with Crippen molar-refractivity contribution in [2.45, 2.75) is 4.90 Å². The number of hydrogen-bond donors (Lipinski definition) is 1. The average Bonchev–Trinajstić information content (AvgIpc) is 2.70. The molecule has 0 aliphatic rings. The lowest BCUT2D eigenvalue weighted by Gasteiger charge is -2.14. The number of anilines is 1. The molecule has 0 aromatic heterocycles. The molecule has 0 bridgehead atoms. The van der Waals surface area contributed by atoms with E-state index in [-0.39, 0.29) is 27.0 Å². The van der Waals surface area contributed by atoms with Crippen molar-refractivity contribution in [1.29, 1.82) is 0 Å². The van der Waals surface area contributed by atoms with Gasteiger partial charge in [0.05, 0.1) is 22.6 Å². The molecule has 0 amide bonds. The quantitative estimate of drug-likeness (QED) is 0.420. The van der Waals surface area contributed by atoms with Crippen LogP contribution in [0.5, 0.6) is 17.2 Å². The molecule has 0 aliphatic heterocycles. The normalized spacial score (nSPS) is 11.0. The molecular weight excluding hydrogens is 420 g/mol. The number of methoxy groups -OCH3 is 1. The fourth-order valence-electron chi connectivity index (χ4n) is 2.43. The predicted molar refractivity (Wildman–Crippen MR) is 108 cm³/mol. The summed E-state index contributed by atoms with van der Waals surface area (Å²) in [6.07, 6.45) is 0. The summed E-state index contributed by atoms with van der Waals surface area (Å²) in [5.74, 6) is 1.18. The monoisotopic (exact) mass is 434 g/mol. The van der Waals surface area contributed by atoms with Gasteiger partial charge in [0.25, 0.3) is 15.7 Å². The molecule has 0 saturated heterocycles. The van der Waals surface area contributed by atoms with Crippen molar-refractivity contribution in [1.82, 2.24) is 0 Å². The van der Waals surface area contributed by atoms with E-state index >= 15 is 0 Å². The summed E-state index contributed by atoms with van der Waals surface area (Å²) < 4.78 is 38.8. The highest BCUT2D eigenvalue weighted by molar-refractivity contribution is 7.92. The Bertz CT molecular complexity index is 1170. The fraction of sp³-hybridized carbons (Fsp3) is 0.0526. The molecule has 3 aromatic rings. The van der Waals surface area contributed by atoms with Gasteiger partial charge in [-0.1, -0.05) is 23.7 Å². The minimum atomic E-state index is -4.13. The van der Waals surface area contributed by atoms with Gasteiger partial charge in [-0.05, 0) is 36.4 Å². The molecule has 0 unspecified atom stereocenters. The number of nitrogens with zero attached hydrogens (tertiary/aromatic N) is 1. The van der Waals surface area contributed by atoms with Crippen LogP contribution in [0.1, 0.15) is 0 Å². The highest BCUT2D eigenvalue weighted by Crippen LogP contribution is 2.34. The first kappa shape index (κ1) is 20.4. The second-order valence-electron chi connectivity index (χ2n) is 5.78. The van der Waals surface area contributed by atoms with Crippen molar-refractivity contribution in [2.24, 2.45) is 0 Å². The average molecular weight is 435 g/mol. The SMILES string of the molecule is COc1cccc(Oc2ccc(Cl)cc2NS(=O)(=O)c2cccc([N+](=O)[O-])c2)c1. The van der Waals surface area contributed by atoms with Crippen molar-refractivity contribution in [3.05, 3.63) is 81.9 Å². The molecule has 0 radical (unpaired) electrons. The third-order valence-electron chi connectivity index (χ3n) is 3.79. The molecule has 0 saturated carbocycles. The summed E-state index contributed by atoms with van der Waals surface area (Å²) in [7, 11) is -2.62. The van der Waals surface area contributed by atoms with Gasteiger partial charge in [0, 0.05) is 23.2 Å². The number of nitrogens with one attached hydrogen (secondary N) is 1. The van der Waals surface area contributed by atoms with E-state index in [0.717, 1.165) is 6.07 Å². The maximum absolute atomic E-state index is 12.7. The lowest BCUT2D eigenvalue weighted by Crippen LogP contribution is -2.13. The van der Waals surface area contributed by atoms with Gasteiger partial charge < -0.3 is 9.47 Å². The Labute approximate surface area is 171 Å². The van der Waals surface area contributed by atoms with Crippen LogP contribution in [0.4, 0.5) is 11.4 Å². The second kappa shape index (κ2) is 8.38. The number of nitro benzene ring substituents is 1. The van der Waals surface area contributed by atoms with Crippen LogP contribution in [0.3, 0.4) is 0 Å². The van der Waals surface area contributed by atoms with Gasteiger partial charge in [0.2, 0.25) is 0 Å². The molecule has 3 aromatic carbocycles. The number of nitro groups is 1. The standard InChI is InChI=1S/C19H15ClN2O6S/c1-27-15-5-3-6-16(12-15)28-19-9-8-13(20)10-18(19)21-29(25,26)17-7-2-4-14(11-17)22(23)24/h2-12,21H,1H3. The molecule has 3 rings (SSSR count). The first-order valence-corrected chi connectivity index (χ1v) is 10.0. The number of non-ortho nitro benzene ring substituents is 1. The van der Waals surface area contributed by atoms with Gasteiger partial charge in [-0.2, -0.15) is 0 Å². The van der Waals surface area contributed by atoms with Gasteiger partial charge in [0.1, 0.15) is 11.5 Å². The largest absolute Gasteiger partial charge is 0.497 e. The molecule has 8 nitrogen and oxygen atoms in total. The van der Waals surface area contributed by atoms with Crippen molar-refractivity contribution < 1.29 is 22.8 Å². The number of rotatable bonds is 7. The van der Waals surface area contributed by atoms with Crippen LogP contribution in [0.25, 0.3) is 0 Å². The summed E-state index contributed by atoms with van der Waals surface area (Å²) in [4.78, 5) is 10.00. The van der Waals surface area contributed by atoms with Crippen LogP contribution >= 0.6 is 11.6 Å². The summed E-state index contributed by atoms with van der Waals surface area (Å²) in [5.41, 5.74) is -0.265. The van der Waals surface area contributed by atoms with Crippen molar-refractivity contribution in [2.75, 3.05) is 11.8 Å². The van der Waals surface area contributed by atoms with Gasteiger partial charge in [-0.15, -0.1) is 0 Å². The van der Waals surface area contributed by atoms with Crippen LogP contribution < -0.4 is 14.2 Å². The molecule has 0 fully saturated rings. The first-order valence-electron chi connectivity index (χ1n) is 8.17. The van der Waals surface area contributed by atoms with Gasteiger partial charge in [-0.25, -0.2) is 8.42 Å². The highest BCUT2D eigenvalue weighted by atomic mass is 35.5. The molecular formula is C19H15ClN2O6S. The van der Waals surface area contributed by atoms with E-state index in [4.69, 9.17) is 21.1 Å². The van der Waals surface area contributed by atoms with Crippen LogP contribution in [-0.2, 0) is 10.0 Å². The Morgan fingerprint density at radius 3 is 2.45 bits per heavy atom. The molecule has 0 aliphatic carbocycles. The summed E-state index contributed by atoms with van der Waals surface area (Å²) in [6.45, 7) is 0. The van der Waals surface area contributed by atoms with Crippen LogP contribution in [-0.4, -0.2) is 20.5 Å². The lowest BCUT2D eigenvalue weighted by atomic mass is 10.3. The van der Waals surface area contributed by atoms with Crippen molar-refractivity contribution in [3.8, 4) is 17.2 Å². The minimum Gasteiger partial charge on any atom is -0.497 e. The highest BCUT2D eigenvalue weighted by Gasteiger charge is 2.20. The topological polar surface area (TPSA) is 108 Å². The Balaban J connectivity index is 1.95. The lowest BCUT2D eigenvalue weighted by molar-refractivity contribution is -0.385. The van der Waals surface area contributed by atoms with E-state index in [0.29, 0.717) is 11.5 Å². The number of benzene rings is 3. The zero-order valence-corrected chi connectivity index (χ0v) is 16.6. The molecule has 150 valence electrons. The number of hydrogen-bond acceptors (Lipinski definition) is 6. The molecule has 10 heteroatoms. The van der Waals surface area contributed by atoms with E-state index in [1.54, 1.807) is 30.3 Å². The van der Waals surface area contributed by atoms with E-state index in [1.165, 1.54) is 37.4 Å². The Hall–Kier alpha value is -3.30. The zero-order valence-electron chi connectivity index (χ0n) is 15.0. The van der Waals surface area contributed by atoms with Crippen LogP contribution in [0.2, 0.25) is 5.02 Å². The van der Waals surface area contributed by atoms with Crippen LogP contribution in [0.15, 0.2) is 71.6 Å². The number of ether oxygens (including phenoxy) is 2. The summed E-state index contributed by atoms with van der Waals surface area (Å²) in [6, 6.07) is 15.9. The summed E-state index contributed by atoms with van der Waals surface area (Å²) in [5, 5.41) is 11.2. The molecule has 0 heterocycles. The van der Waals surface area contributed by atoms with Gasteiger partial charge in [0.15, 0.2) is 5.75 Å². The van der Waals surface area contributed by atoms with Gasteiger partial charge >= 0.3 is 0 Å². The van der Waals surface area contributed by atoms with E-state index < -0.39 is 14.9 Å². The molecule has 1 N–H and O–H groups in total. The maximum Gasteiger partial charge on any atom is 0.270 e. The first-order chi connectivity index (χ1) is 13.8. The van der Waals surface area contributed by atoms with E-state index in [2.05, 4.69) is 4.72 Å². The van der Waals surface area contributed by atoms with Crippen LogP contribution in [0, 0.1) is 10.1 Å². The zero-order chi connectivity index (χ0) is 21.0. The smallest absolute Gasteiger partial charge is 0.270 e. The molecule has 0 spiro atoms. The Morgan fingerprint density at radius 1 is 1.00 bits per heavy atom. The minimum absolute atomic E-state index is 0.0758. The third-order valence-corrected chi connectivity index (χ3v) is 5.39. The molecule has 29 heavy (non-hydrogen) atoms. The van der Waals surface area contributed by atoms with E-state index in [1.807, 2.05) is 0 Å². The molecule has 0 atom stereocenters. The second-order valence-corrected chi connectivity index (χ2v) is 7.90. The van der Waals surface area contributed by atoms with Crippen molar-refractivity contribution in [3.63, 3.8) is 0 Å². The Kier molecular flexibility index (Phi) is 5.90. The number of halogens is 1. The van der Waals surface area contributed by atoms with E-state index in [9.17, 15) is 18.5 Å². The summed E-state index contributed by atoms with van der Waals surface area (Å²) >= 11 is 6.01. The van der Waals surface area contributed by atoms with Gasteiger partial charge in [-0.3, -0.25) is 14.8 Å². The fourth-order valence-corrected chi connectivity index (χ4v) is 3.70. The predicted octanol–water partition coefficient (Wildman–Crippen LogP) is 4.85. The Morgan fingerprint density at radius 2 is 1.72 bits per heavy atom. The number of sulfonamides is 1.